The van der Waals surface area contributed by atoms with Crippen LogP contribution in [0.3, 0.4) is 0 Å². The molecule has 0 saturated carbocycles. The Kier molecular flexibility index (Phi) is 11.0. The first-order chi connectivity index (χ1) is 16.3. The number of amides is 2. The highest BCUT2D eigenvalue weighted by Crippen LogP contribution is 2.13. The van der Waals surface area contributed by atoms with E-state index in [2.05, 4.69) is 16.1 Å². The maximum atomic E-state index is 13.1. The number of carbonyl (C=O) groups is 3. The van der Waals surface area contributed by atoms with Gasteiger partial charge in [0.25, 0.3) is 0 Å². The van der Waals surface area contributed by atoms with Gasteiger partial charge < -0.3 is 25.3 Å². The molecule has 2 aromatic rings. The first-order valence-electron chi connectivity index (χ1n) is 11.1. The lowest BCUT2D eigenvalue weighted by Gasteiger charge is -2.24. The minimum Gasteiger partial charge on any atom is -0.508 e. The Hall–Kier alpha value is -3.43. The van der Waals surface area contributed by atoms with E-state index in [9.17, 15) is 19.5 Å². The highest BCUT2D eigenvalue weighted by atomic mass is 16.6. The van der Waals surface area contributed by atoms with E-state index in [0.717, 1.165) is 11.1 Å². The zero-order valence-corrected chi connectivity index (χ0v) is 19.7. The fourth-order valence-electron chi connectivity index (χ4n) is 3.26. The number of rotatable bonds is 13. The van der Waals surface area contributed by atoms with E-state index in [1.165, 1.54) is 19.2 Å². The molecule has 0 bridgehead atoms. The SMILES string of the molecule is CONCC(=O)[C@H](Cc1ccc(O)cc1)NC(=O)[C@H](CC(C)C)NC(=O)OCc1ccccc1. The van der Waals surface area contributed by atoms with E-state index in [0.29, 0.717) is 6.42 Å². The van der Waals surface area contributed by atoms with Crippen molar-refractivity contribution < 1.29 is 29.1 Å². The number of ketones is 1. The van der Waals surface area contributed by atoms with Gasteiger partial charge in [-0.2, -0.15) is 5.48 Å². The summed E-state index contributed by atoms with van der Waals surface area (Å²) >= 11 is 0. The van der Waals surface area contributed by atoms with Crippen molar-refractivity contribution in [3.63, 3.8) is 0 Å². The van der Waals surface area contributed by atoms with Crippen LogP contribution in [0.2, 0.25) is 0 Å². The van der Waals surface area contributed by atoms with Gasteiger partial charge in [0.1, 0.15) is 18.4 Å². The monoisotopic (exact) mass is 471 g/mol. The van der Waals surface area contributed by atoms with Crippen LogP contribution < -0.4 is 16.1 Å². The summed E-state index contributed by atoms with van der Waals surface area (Å²) in [5.41, 5.74) is 4.07. The van der Waals surface area contributed by atoms with Crippen molar-refractivity contribution in [2.75, 3.05) is 13.7 Å². The number of hydrogen-bond donors (Lipinski definition) is 4. The summed E-state index contributed by atoms with van der Waals surface area (Å²) in [5.74, 6) is -0.573. The lowest BCUT2D eigenvalue weighted by molar-refractivity contribution is -0.129. The molecule has 0 aromatic heterocycles. The van der Waals surface area contributed by atoms with Crippen LogP contribution in [0, 0.1) is 5.92 Å². The van der Waals surface area contributed by atoms with Crippen LogP contribution in [0.4, 0.5) is 4.79 Å². The van der Waals surface area contributed by atoms with E-state index in [1.807, 2.05) is 44.2 Å². The number of alkyl carbamates (subject to hydrolysis) is 1. The molecule has 4 N–H and O–H groups in total. The second kappa shape index (κ2) is 14.0. The molecule has 0 saturated heterocycles. The molecule has 2 aromatic carbocycles. The molecule has 2 rings (SSSR count). The predicted octanol–water partition coefficient (Wildman–Crippen LogP) is 2.48. The normalized spacial score (nSPS) is 12.6. The summed E-state index contributed by atoms with van der Waals surface area (Å²) in [6.07, 6.45) is -0.140. The van der Waals surface area contributed by atoms with Crippen molar-refractivity contribution in [3.05, 3.63) is 65.7 Å². The predicted molar refractivity (Wildman–Crippen MR) is 127 cm³/mol. The van der Waals surface area contributed by atoms with Gasteiger partial charge in [0.2, 0.25) is 5.91 Å². The number of ether oxygens (including phenoxy) is 1. The molecule has 9 nitrogen and oxygen atoms in total. The Labute approximate surface area is 199 Å². The summed E-state index contributed by atoms with van der Waals surface area (Å²) in [4.78, 5) is 42.9. The number of phenolic OH excluding ortho intramolecular Hbond substituents is 1. The number of hydroxylamine groups is 1. The van der Waals surface area contributed by atoms with Crippen molar-refractivity contribution in [2.24, 2.45) is 5.92 Å². The highest BCUT2D eigenvalue weighted by Gasteiger charge is 2.28. The van der Waals surface area contributed by atoms with Gasteiger partial charge in [0.05, 0.1) is 19.7 Å². The van der Waals surface area contributed by atoms with Crippen molar-refractivity contribution in [2.45, 2.75) is 45.4 Å². The molecule has 0 radical (unpaired) electrons. The Morgan fingerprint density at radius 2 is 1.59 bits per heavy atom. The maximum absolute atomic E-state index is 13.1. The number of hydrogen-bond acceptors (Lipinski definition) is 7. The van der Waals surface area contributed by atoms with E-state index in [-0.39, 0.29) is 37.0 Å². The zero-order valence-electron chi connectivity index (χ0n) is 19.7. The molecule has 34 heavy (non-hydrogen) atoms. The quantitative estimate of drug-likeness (QED) is 0.331. The summed E-state index contributed by atoms with van der Waals surface area (Å²) in [7, 11) is 1.39. The largest absolute Gasteiger partial charge is 0.508 e. The smallest absolute Gasteiger partial charge is 0.408 e. The van der Waals surface area contributed by atoms with Crippen LogP contribution in [-0.4, -0.2) is 48.6 Å². The molecule has 0 unspecified atom stereocenters. The molecule has 2 amide bonds. The number of nitrogens with one attached hydrogen (secondary N) is 3. The number of phenols is 1. The minimum atomic E-state index is -0.881. The molecule has 0 heterocycles. The molecular weight excluding hydrogens is 438 g/mol. The third-order valence-corrected chi connectivity index (χ3v) is 5.00. The molecule has 0 aliphatic rings. The highest BCUT2D eigenvalue weighted by molar-refractivity contribution is 5.93. The van der Waals surface area contributed by atoms with Gasteiger partial charge in [-0.25, -0.2) is 4.79 Å². The van der Waals surface area contributed by atoms with E-state index >= 15 is 0 Å². The molecule has 0 fully saturated rings. The molecule has 9 heteroatoms. The zero-order chi connectivity index (χ0) is 24.9. The fraction of sp³-hybridized carbons (Fsp3) is 0.400. The summed E-state index contributed by atoms with van der Waals surface area (Å²) in [5, 5.41) is 14.9. The van der Waals surface area contributed by atoms with E-state index in [4.69, 9.17) is 9.57 Å². The average Bonchev–Trinajstić information content (AvgIpc) is 2.82. The van der Waals surface area contributed by atoms with Gasteiger partial charge in [-0.1, -0.05) is 56.3 Å². The summed E-state index contributed by atoms with van der Waals surface area (Å²) in [6, 6.07) is 13.8. The van der Waals surface area contributed by atoms with Crippen LogP contribution in [0.1, 0.15) is 31.4 Å². The molecule has 184 valence electrons. The first kappa shape index (κ1) is 26.8. The van der Waals surface area contributed by atoms with Crippen molar-refractivity contribution in [1.82, 2.24) is 16.1 Å². The number of aromatic hydroxyl groups is 1. The van der Waals surface area contributed by atoms with Crippen molar-refractivity contribution >= 4 is 17.8 Å². The molecule has 2 atom stereocenters. The third-order valence-electron chi connectivity index (χ3n) is 5.00. The summed E-state index contributed by atoms with van der Waals surface area (Å²) < 4.78 is 5.26. The first-order valence-corrected chi connectivity index (χ1v) is 11.1. The molecule has 0 aliphatic carbocycles. The fourth-order valence-corrected chi connectivity index (χ4v) is 3.26. The van der Waals surface area contributed by atoms with Gasteiger partial charge in [-0.05, 0) is 42.0 Å². The minimum absolute atomic E-state index is 0.0767. The lowest BCUT2D eigenvalue weighted by Crippen LogP contribution is -2.53. The van der Waals surface area contributed by atoms with Crippen LogP contribution in [-0.2, 0) is 32.2 Å². The number of benzene rings is 2. The van der Waals surface area contributed by atoms with Gasteiger partial charge in [-0.3, -0.25) is 9.59 Å². The van der Waals surface area contributed by atoms with Crippen LogP contribution in [0.25, 0.3) is 0 Å². The number of Topliss-reactive ketones (excluding diaryl/α,β-unsaturated/α-hetero) is 1. The Bertz CT molecular complexity index is 918. The van der Waals surface area contributed by atoms with Gasteiger partial charge in [-0.15, -0.1) is 0 Å². The van der Waals surface area contributed by atoms with E-state index < -0.39 is 24.1 Å². The van der Waals surface area contributed by atoms with Gasteiger partial charge in [0, 0.05) is 0 Å². The second-order valence-electron chi connectivity index (χ2n) is 8.31. The average molecular weight is 472 g/mol. The standard InChI is InChI=1S/C25H33N3O6/c1-17(2)13-22(28-25(32)34-16-19-7-5-4-6-8-19)24(31)27-21(23(30)15-26-33-3)14-18-9-11-20(29)12-10-18/h4-12,17,21-22,26,29H,13-16H2,1-3H3,(H,27,31)(H,28,32)/t21-,22-/m0/s1. The van der Waals surface area contributed by atoms with Gasteiger partial charge in [0.15, 0.2) is 5.78 Å². The summed E-state index contributed by atoms with van der Waals surface area (Å²) in [6.45, 7) is 3.83. The van der Waals surface area contributed by atoms with Crippen LogP contribution in [0.15, 0.2) is 54.6 Å². The maximum Gasteiger partial charge on any atom is 0.408 e. The molecular formula is C25H33N3O6. The van der Waals surface area contributed by atoms with Crippen molar-refractivity contribution in [3.8, 4) is 5.75 Å². The second-order valence-corrected chi connectivity index (χ2v) is 8.31. The topological polar surface area (TPSA) is 126 Å². The number of carbonyl (C=O) groups excluding carboxylic acids is 3. The Balaban J connectivity index is 2.06. The van der Waals surface area contributed by atoms with Crippen LogP contribution >= 0.6 is 0 Å². The Morgan fingerprint density at radius 1 is 0.912 bits per heavy atom. The van der Waals surface area contributed by atoms with Crippen LogP contribution in [0.5, 0.6) is 5.75 Å². The van der Waals surface area contributed by atoms with Crippen molar-refractivity contribution in [1.29, 1.82) is 0 Å². The third kappa shape index (κ3) is 9.60. The van der Waals surface area contributed by atoms with E-state index in [1.54, 1.807) is 12.1 Å². The van der Waals surface area contributed by atoms with Gasteiger partial charge >= 0.3 is 6.09 Å². The molecule has 0 aliphatic heterocycles. The Morgan fingerprint density at radius 3 is 2.21 bits per heavy atom. The lowest BCUT2D eigenvalue weighted by atomic mass is 9.99. The molecule has 0 spiro atoms.